The van der Waals surface area contributed by atoms with Crippen molar-refractivity contribution in [2.75, 3.05) is 0 Å². The van der Waals surface area contributed by atoms with Crippen LogP contribution in [0.15, 0.2) is 63.8 Å². The van der Waals surface area contributed by atoms with E-state index in [4.69, 9.17) is 9.15 Å². The van der Waals surface area contributed by atoms with E-state index in [0.29, 0.717) is 6.07 Å². The highest BCUT2D eigenvalue weighted by molar-refractivity contribution is 5.83. The minimum atomic E-state index is -4.69. The second kappa shape index (κ2) is 9.24. The van der Waals surface area contributed by atoms with Gasteiger partial charge < -0.3 is 14.5 Å². The maximum atomic E-state index is 13.1. The van der Waals surface area contributed by atoms with Gasteiger partial charge in [0.1, 0.15) is 11.3 Å². The van der Waals surface area contributed by atoms with Gasteiger partial charge in [-0.25, -0.2) is 4.79 Å². The fourth-order valence-electron chi connectivity index (χ4n) is 3.17. The van der Waals surface area contributed by atoms with Crippen LogP contribution >= 0.6 is 0 Å². The lowest BCUT2D eigenvalue weighted by Crippen LogP contribution is -2.41. The Hall–Kier alpha value is -3.29. The summed E-state index contributed by atoms with van der Waals surface area (Å²) in [6.07, 6.45) is -4.04. The predicted octanol–water partition coefficient (Wildman–Crippen LogP) is 4.72. The van der Waals surface area contributed by atoms with E-state index in [2.05, 4.69) is 5.32 Å². The van der Waals surface area contributed by atoms with Crippen molar-refractivity contribution in [3.8, 4) is 5.75 Å². The number of ether oxygens (including phenoxy) is 1. The number of amides is 1. The van der Waals surface area contributed by atoms with Gasteiger partial charge in [0.2, 0.25) is 0 Å². The van der Waals surface area contributed by atoms with Gasteiger partial charge in [-0.3, -0.25) is 4.79 Å². The number of carbonyl (C=O) groups is 1. The van der Waals surface area contributed by atoms with Crippen LogP contribution in [-0.4, -0.2) is 18.1 Å². The van der Waals surface area contributed by atoms with Crippen LogP contribution in [0.25, 0.3) is 11.0 Å². The summed E-state index contributed by atoms with van der Waals surface area (Å²) >= 11 is 0. The molecule has 164 valence electrons. The van der Waals surface area contributed by atoms with Gasteiger partial charge in [0.05, 0.1) is 5.56 Å². The first-order valence-electron chi connectivity index (χ1n) is 9.79. The molecule has 2 atom stereocenters. The summed E-state index contributed by atoms with van der Waals surface area (Å²) in [7, 11) is 0. The highest BCUT2D eigenvalue weighted by Crippen LogP contribution is 2.34. The number of rotatable bonds is 7. The summed E-state index contributed by atoms with van der Waals surface area (Å²) in [5.74, 6) is -0.235. The van der Waals surface area contributed by atoms with Crippen LogP contribution in [0.4, 0.5) is 13.2 Å². The number of carbonyl (C=O) groups excluding carboxylic acids is 1. The van der Waals surface area contributed by atoms with E-state index in [1.165, 1.54) is 24.6 Å². The number of nitrogens with one attached hydrogen (secondary N) is 1. The van der Waals surface area contributed by atoms with E-state index in [1.54, 1.807) is 0 Å². The van der Waals surface area contributed by atoms with Crippen molar-refractivity contribution >= 4 is 16.9 Å². The highest BCUT2D eigenvalue weighted by atomic mass is 19.4. The first kappa shape index (κ1) is 22.4. The molecule has 5 nitrogen and oxygen atoms in total. The van der Waals surface area contributed by atoms with Gasteiger partial charge in [-0.2, -0.15) is 13.2 Å². The lowest BCUT2D eigenvalue weighted by atomic mass is 10.1. The zero-order valence-corrected chi connectivity index (χ0v) is 17.0. The normalized spacial score (nSPS) is 13.6. The van der Waals surface area contributed by atoms with Crippen molar-refractivity contribution in [1.29, 1.82) is 0 Å². The van der Waals surface area contributed by atoms with Gasteiger partial charge in [-0.15, -0.1) is 0 Å². The van der Waals surface area contributed by atoms with Crippen LogP contribution < -0.4 is 15.7 Å². The van der Waals surface area contributed by atoms with Crippen molar-refractivity contribution in [1.82, 2.24) is 5.32 Å². The summed E-state index contributed by atoms with van der Waals surface area (Å²) in [6.45, 7) is 3.42. The minimum Gasteiger partial charge on any atom is -0.481 e. The molecule has 0 spiro atoms. The Morgan fingerprint density at radius 2 is 1.81 bits per heavy atom. The number of alkyl halides is 3. The molecule has 3 aromatic rings. The van der Waals surface area contributed by atoms with Gasteiger partial charge in [-0.1, -0.05) is 30.3 Å². The second-order valence-electron chi connectivity index (χ2n) is 7.33. The largest absolute Gasteiger partial charge is 0.481 e. The zero-order valence-electron chi connectivity index (χ0n) is 17.0. The van der Waals surface area contributed by atoms with Crippen molar-refractivity contribution in [2.45, 2.75) is 45.0 Å². The fraction of sp³-hybridized carbons (Fsp3) is 0.304. The number of hydrogen-bond acceptors (Lipinski definition) is 4. The molecule has 1 heterocycles. The molecule has 1 aromatic heterocycles. The molecule has 1 N–H and O–H groups in total. The van der Waals surface area contributed by atoms with Crippen molar-refractivity contribution in [2.24, 2.45) is 0 Å². The Morgan fingerprint density at radius 3 is 2.48 bits per heavy atom. The molecule has 0 aliphatic rings. The monoisotopic (exact) mass is 433 g/mol. The maximum absolute atomic E-state index is 13.1. The third kappa shape index (κ3) is 5.87. The first-order valence-corrected chi connectivity index (χ1v) is 9.79. The molecule has 0 fully saturated rings. The van der Waals surface area contributed by atoms with Crippen LogP contribution in [0, 0.1) is 0 Å². The van der Waals surface area contributed by atoms with E-state index in [-0.39, 0.29) is 28.7 Å². The van der Waals surface area contributed by atoms with Gasteiger partial charge >= 0.3 is 11.8 Å². The summed E-state index contributed by atoms with van der Waals surface area (Å²) in [5.41, 5.74) is -1.29. The third-order valence-electron chi connectivity index (χ3n) is 4.80. The predicted molar refractivity (Wildman–Crippen MR) is 110 cm³/mol. The van der Waals surface area contributed by atoms with E-state index in [0.717, 1.165) is 18.9 Å². The van der Waals surface area contributed by atoms with Crippen LogP contribution in [0.3, 0.4) is 0 Å². The molecule has 31 heavy (non-hydrogen) atoms. The van der Waals surface area contributed by atoms with Crippen LogP contribution in [-0.2, 0) is 17.4 Å². The zero-order chi connectivity index (χ0) is 22.6. The van der Waals surface area contributed by atoms with Crippen LogP contribution in [0.1, 0.15) is 31.4 Å². The number of halogens is 3. The summed E-state index contributed by atoms with van der Waals surface area (Å²) in [5, 5.41) is 2.60. The Bertz CT molecular complexity index is 1110. The third-order valence-corrected chi connectivity index (χ3v) is 4.80. The molecule has 0 radical (unpaired) electrons. The summed E-state index contributed by atoms with van der Waals surface area (Å²) < 4.78 is 49.9. The molecule has 0 saturated heterocycles. The van der Waals surface area contributed by atoms with Crippen LogP contribution in [0.5, 0.6) is 5.75 Å². The average Bonchev–Trinajstić information content (AvgIpc) is 2.71. The van der Waals surface area contributed by atoms with Gasteiger partial charge in [-0.05, 0) is 44.4 Å². The fourth-order valence-corrected chi connectivity index (χ4v) is 3.17. The van der Waals surface area contributed by atoms with Gasteiger partial charge in [0.15, 0.2) is 6.10 Å². The summed E-state index contributed by atoms with van der Waals surface area (Å²) in [4.78, 5) is 23.9. The molecular weight excluding hydrogens is 411 g/mol. The molecule has 8 heteroatoms. The minimum absolute atomic E-state index is 0.0947. The molecule has 2 aromatic carbocycles. The number of fused-ring (bicyclic) bond motifs is 1. The lowest BCUT2D eigenvalue weighted by Gasteiger charge is -2.19. The molecule has 0 aliphatic heterocycles. The molecule has 0 bridgehead atoms. The first-order chi connectivity index (χ1) is 14.6. The number of benzene rings is 2. The van der Waals surface area contributed by atoms with Crippen molar-refractivity contribution in [3.63, 3.8) is 0 Å². The topological polar surface area (TPSA) is 68.5 Å². The second-order valence-corrected chi connectivity index (χ2v) is 7.33. The number of aryl methyl sites for hydroxylation is 1. The van der Waals surface area contributed by atoms with Gasteiger partial charge in [0, 0.05) is 23.6 Å². The summed E-state index contributed by atoms with van der Waals surface area (Å²) in [6, 6.07) is 13.8. The molecule has 0 aliphatic carbocycles. The van der Waals surface area contributed by atoms with E-state index < -0.39 is 23.5 Å². The number of hydrogen-bond donors (Lipinski definition) is 1. The van der Waals surface area contributed by atoms with Gasteiger partial charge in [0.25, 0.3) is 5.91 Å². The lowest BCUT2D eigenvalue weighted by molar-refractivity contribution is -0.136. The van der Waals surface area contributed by atoms with Crippen LogP contribution in [0.2, 0.25) is 0 Å². The Balaban J connectivity index is 1.64. The molecule has 0 saturated carbocycles. The standard InChI is InChI=1S/C23H22F3NO4/c1-14(8-9-16-6-4-3-5-7-16)27-22(29)15(2)30-17-10-11-18-19(23(24,25)26)13-21(28)31-20(18)12-17/h3-7,10-15H,8-9H2,1-2H3,(H,27,29)/t14-,15-/m1/s1. The van der Waals surface area contributed by atoms with Crippen molar-refractivity contribution < 1.29 is 27.1 Å². The maximum Gasteiger partial charge on any atom is 0.417 e. The SMILES string of the molecule is C[C@H](CCc1ccccc1)NC(=O)[C@@H](C)Oc1ccc2c(C(F)(F)F)cc(=O)oc2c1. The molecular formula is C23H22F3NO4. The molecule has 3 rings (SSSR count). The Labute approximate surface area is 176 Å². The van der Waals surface area contributed by atoms with E-state index >= 15 is 0 Å². The molecule has 1 amide bonds. The highest BCUT2D eigenvalue weighted by Gasteiger charge is 2.34. The Morgan fingerprint density at radius 1 is 1.10 bits per heavy atom. The van der Waals surface area contributed by atoms with E-state index in [1.807, 2.05) is 37.3 Å². The van der Waals surface area contributed by atoms with E-state index in [9.17, 15) is 22.8 Å². The Kier molecular flexibility index (Phi) is 6.68. The van der Waals surface area contributed by atoms with Crippen molar-refractivity contribution in [3.05, 3.63) is 76.1 Å². The average molecular weight is 433 g/mol. The molecule has 0 unspecified atom stereocenters. The smallest absolute Gasteiger partial charge is 0.417 e. The quantitative estimate of drug-likeness (QED) is 0.548.